The fourth-order valence-corrected chi connectivity index (χ4v) is 2.31. The molecule has 3 N–H and O–H groups in total. The third kappa shape index (κ3) is 2.76. The third-order valence-corrected chi connectivity index (χ3v) is 3.58. The number of benzene rings is 1. The summed E-state index contributed by atoms with van der Waals surface area (Å²) in [5, 5.41) is 3.48. The Kier molecular flexibility index (Phi) is 3.30. The highest BCUT2D eigenvalue weighted by atomic mass is 32.2. The monoisotopic (exact) mass is 284 g/mol. The van der Waals surface area contributed by atoms with Crippen molar-refractivity contribution in [2.24, 2.45) is 0 Å². The molecule has 0 radical (unpaired) electrons. The highest BCUT2D eigenvalue weighted by Gasteiger charge is 2.19. The molecule has 0 aliphatic rings. The van der Waals surface area contributed by atoms with Gasteiger partial charge in [-0.3, -0.25) is 0 Å². The normalized spacial score (nSPS) is 11.3. The molecule has 0 fully saturated rings. The molecule has 2 rings (SSSR count). The van der Waals surface area contributed by atoms with Gasteiger partial charge in [0.2, 0.25) is 0 Å². The first-order chi connectivity index (χ1) is 8.92. The zero-order valence-corrected chi connectivity index (χ0v) is 11.1. The van der Waals surface area contributed by atoms with E-state index in [1.165, 1.54) is 25.3 Å². The molecule has 0 saturated heterocycles. The third-order valence-electron chi connectivity index (χ3n) is 2.26. The number of aromatic nitrogens is 2. The number of nitrogen functional groups attached to an aromatic ring is 1. The fourth-order valence-electron chi connectivity index (χ4n) is 1.37. The van der Waals surface area contributed by atoms with Crippen LogP contribution in [0.5, 0.6) is 5.75 Å². The lowest BCUT2D eigenvalue weighted by atomic mass is 10.3. The van der Waals surface area contributed by atoms with Gasteiger partial charge in [0.1, 0.15) is 5.75 Å². The lowest BCUT2D eigenvalue weighted by Gasteiger charge is -2.08. The molecular weight excluding hydrogens is 272 g/mol. The number of rotatable bonds is 4. The van der Waals surface area contributed by atoms with E-state index in [4.69, 9.17) is 15.0 Å². The number of nitrogens with zero attached hydrogens (tertiary/aromatic N) is 2. The summed E-state index contributed by atoms with van der Waals surface area (Å²) >= 11 is 0. The molecule has 102 valence electrons. The lowest BCUT2D eigenvalue weighted by molar-refractivity contribution is 0.415. The van der Waals surface area contributed by atoms with Gasteiger partial charge in [0, 0.05) is 6.07 Å². The number of sulfonamides is 1. The summed E-state index contributed by atoms with van der Waals surface area (Å²) in [6.07, 6.45) is 0. The number of ether oxygens (including phenoxy) is 1. The summed E-state index contributed by atoms with van der Waals surface area (Å²) in [4.78, 5) is 3.74. The maximum absolute atomic E-state index is 12.1. The van der Waals surface area contributed by atoms with E-state index in [0.717, 1.165) is 0 Å². The Morgan fingerprint density at radius 1 is 1.42 bits per heavy atom. The maximum Gasteiger partial charge on any atom is 0.335 e. The number of anilines is 2. The first-order valence-electron chi connectivity index (χ1n) is 5.19. The van der Waals surface area contributed by atoms with Gasteiger partial charge in [0.05, 0.1) is 17.7 Å². The van der Waals surface area contributed by atoms with Crippen LogP contribution in [-0.4, -0.2) is 25.7 Å². The SMILES string of the molecule is COc1cc(S(=O)(=O)Nc2nc(C)no2)ccc1N. The average Bonchev–Trinajstić information content (AvgIpc) is 2.74. The molecule has 0 aliphatic carbocycles. The van der Waals surface area contributed by atoms with Crippen molar-refractivity contribution < 1.29 is 17.7 Å². The Morgan fingerprint density at radius 3 is 2.74 bits per heavy atom. The molecule has 9 heteroatoms. The molecule has 1 heterocycles. The first kappa shape index (κ1) is 13.1. The molecule has 0 aliphatic heterocycles. The molecule has 19 heavy (non-hydrogen) atoms. The van der Waals surface area contributed by atoms with Gasteiger partial charge in [-0.2, -0.15) is 4.98 Å². The Hall–Kier alpha value is -2.29. The minimum atomic E-state index is -3.83. The summed E-state index contributed by atoms with van der Waals surface area (Å²) in [7, 11) is -2.43. The van der Waals surface area contributed by atoms with Crippen molar-refractivity contribution in [2.75, 3.05) is 17.6 Å². The molecule has 0 atom stereocenters. The second-order valence-corrected chi connectivity index (χ2v) is 5.34. The van der Waals surface area contributed by atoms with Crippen LogP contribution in [0.1, 0.15) is 5.82 Å². The van der Waals surface area contributed by atoms with E-state index < -0.39 is 10.0 Å². The molecular formula is C10H12N4O4S. The largest absolute Gasteiger partial charge is 0.495 e. The van der Waals surface area contributed by atoms with Crippen LogP contribution < -0.4 is 15.2 Å². The van der Waals surface area contributed by atoms with Crippen LogP contribution in [0.25, 0.3) is 0 Å². The van der Waals surface area contributed by atoms with E-state index in [-0.39, 0.29) is 16.7 Å². The van der Waals surface area contributed by atoms with Gasteiger partial charge < -0.3 is 15.0 Å². The number of aryl methyl sites for hydroxylation is 1. The van der Waals surface area contributed by atoms with Crippen molar-refractivity contribution in [2.45, 2.75) is 11.8 Å². The minimum Gasteiger partial charge on any atom is -0.495 e. The van der Waals surface area contributed by atoms with Crippen LogP contribution in [0, 0.1) is 6.92 Å². The molecule has 1 aromatic carbocycles. The number of hydrogen-bond donors (Lipinski definition) is 2. The minimum absolute atomic E-state index is 0.0191. The molecule has 2 aromatic rings. The second-order valence-electron chi connectivity index (χ2n) is 3.66. The quantitative estimate of drug-likeness (QED) is 0.795. The van der Waals surface area contributed by atoms with Gasteiger partial charge in [0.15, 0.2) is 5.82 Å². The van der Waals surface area contributed by atoms with Crippen molar-refractivity contribution in [3.05, 3.63) is 24.0 Å². The van der Waals surface area contributed by atoms with Crippen molar-refractivity contribution >= 4 is 21.7 Å². The predicted molar refractivity (Wildman–Crippen MR) is 67.2 cm³/mol. The predicted octanol–water partition coefficient (Wildman–Crippen LogP) is 0.770. The lowest BCUT2D eigenvalue weighted by Crippen LogP contribution is -2.13. The summed E-state index contributed by atoms with van der Waals surface area (Å²) in [5.41, 5.74) is 5.96. The number of hydrogen-bond acceptors (Lipinski definition) is 7. The zero-order chi connectivity index (χ0) is 14.0. The van der Waals surface area contributed by atoms with Crippen LogP contribution in [0.2, 0.25) is 0 Å². The second kappa shape index (κ2) is 4.76. The molecule has 1 aromatic heterocycles. The number of nitrogens with one attached hydrogen (secondary N) is 1. The van der Waals surface area contributed by atoms with Crippen LogP contribution in [0.3, 0.4) is 0 Å². The van der Waals surface area contributed by atoms with E-state index in [9.17, 15) is 8.42 Å². The van der Waals surface area contributed by atoms with Gasteiger partial charge in [-0.1, -0.05) is 5.16 Å². The van der Waals surface area contributed by atoms with Crippen molar-refractivity contribution in [1.82, 2.24) is 10.1 Å². The summed E-state index contributed by atoms with van der Waals surface area (Å²) < 4.78 is 35.9. The van der Waals surface area contributed by atoms with Gasteiger partial charge in [-0.15, -0.1) is 0 Å². The maximum atomic E-state index is 12.1. The van der Waals surface area contributed by atoms with Crippen molar-refractivity contribution in [3.63, 3.8) is 0 Å². The Bertz CT molecular complexity index is 695. The van der Waals surface area contributed by atoms with Gasteiger partial charge in [-0.05, 0) is 19.1 Å². The molecule has 0 saturated carbocycles. The smallest absolute Gasteiger partial charge is 0.335 e. The Balaban J connectivity index is 2.34. The molecule has 0 amide bonds. The zero-order valence-electron chi connectivity index (χ0n) is 10.2. The van der Waals surface area contributed by atoms with E-state index in [0.29, 0.717) is 11.5 Å². The highest BCUT2D eigenvalue weighted by molar-refractivity contribution is 7.92. The van der Waals surface area contributed by atoms with Gasteiger partial charge >= 0.3 is 6.01 Å². The Labute approximate surface area is 109 Å². The summed E-state index contributed by atoms with van der Waals surface area (Å²) in [5.74, 6) is 0.595. The summed E-state index contributed by atoms with van der Waals surface area (Å²) in [6.45, 7) is 1.58. The van der Waals surface area contributed by atoms with Crippen LogP contribution in [0.15, 0.2) is 27.6 Å². The standard InChI is InChI=1S/C10H12N4O4S/c1-6-12-10(18-13-6)14-19(15,16)7-3-4-8(11)9(5-7)17-2/h3-5H,11H2,1-2H3,(H,12,13,14). The van der Waals surface area contributed by atoms with Crippen molar-refractivity contribution in [3.8, 4) is 5.75 Å². The Morgan fingerprint density at radius 2 is 2.16 bits per heavy atom. The fraction of sp³-hybridized carbons (Fsp3) is 0.200. The van der Waals surface area contributed by atoms with Crippen molar-refractivity contribution in [1.29, 1.82) is 0 Å². The highest BCUT2D eigenvalue weighted by Crippen LogP contribution is 2.25. The molecule has 8 nitrogen and oxygen atoms in total. The topological polar surface area (TPSA) is 120 Å². The van der Waals surface area contributed by atoms with E-state index >= 15 is 0 Å². The number of methoxy groups -OCH3 is 1. The first-order valence-corrected chi connectivity index (χ1v) is 6.67. The molecule has 0 bridgehead atoms. The van der Waals surface area contributed by atoms with Gasteiger partial charge in [-0.25, -0.2) is 13.1 Å². The van der Waals surface area contributed by atoms with E-state index in [2.05, 4.69) is 14.9 Å². The molecule has 0 spiro atoms. The van der Waals surface area contributed by atoms with Crippen LogP contribution in [0.4, 0.5) is 11.7 Å². The van der Waals surface area contributed by atoms with Crippen LogP contribution in [-0.2, 0) is 10.0 Å². The van der Waals surface area contributed by atoms with E-state index in [1.807, 2.05) is 0 Å². The summed E-state index contributed by atoms with van der Waals surface area (Å²) in [6, 6.07) is 3.89. The van der Waals surface area contributed by atoms with E-state index in [1.54, 1.807) is 6.92 Å². The average molecular weight is 284 g/mol. The number of nitrogens with two attached hydrogens (primary N) is 1. The van der Waals surface area contributed by atoms with Crippen LogP contribution >= 0.6 is 0 Å². The molecule has 0 unspecified atom stereocenters. The van der Waals surface area contributed by atoms with Gasteiger partial charge in [0.25, 0.3) is 10.0 Å².